The molecule has 1 aromatic carbocycles. The molecule has 0 bridgehead atoms. The summed E-state index contributed by atoms with van der Waals surface area (Å²) in [5, 5.41) is 4.09. The van der Waals surface area contributed by atoms with Crippen LogP contribution >= 0.6 is 0 Å². The van der Waals surface area contributed by atoms with Crippen molar-refractivity contribution < 1.29 is 4.79 Å². The van der Waals surface area contributed by atoms with E-state index in [9.17, 15) is 4.79 Å². The predicted molar refractivity (Wildman–Crippen MR) is 84.9 cm³/mol. The molecule has 1 amide bonds. The first-order valence-corrected chi connectivity index (χ1v) is 7.89. The molecule has 5 heteroatoms. The molecule has 1 aromatic heterocycles. The number of rotatable bonds is 3. The second kappa shape index (κ2) is 6.30. The monoisotopic (exact) mass is 298 g/mol. The summed E-state index contributed by atoms with van der Waals surface area (Å²) in [6.07, 6.45) is 7.97. The predicted octanol–water partition coefficient (Wildman–Crippen LogP) is 2.92. The Kier molecular flexibility index (Phi) is 4.22. The van der Waals surface area contributed by atoms with E-state index in [0.29, 0.717) is 12.0 Å². The summed E-state index contributed by atoms with van der Waals surface area (Å²) in [6.45, 7) is 2.25. The zero-order valence-electron chi connectivity index (χ0n) is 13.1. The van der Waals surface area contributed by atoms with Crippen LogP contribution in [0.5, 0.6) is 0 Å². The van der Waals surface area contributed by atoms with Crippen LogP contribution in [-0.4, -0.2) is 38.7 Å². The zero-order chi connectivity index (χ0) is 15.5. The van der Waals surface area contributed by atoms with E-state index in [0.717, 1.165) is 17.7 Å². The standard InChI is InChI=1S/C17H22N4O/c1-13-5-3-4-6-16(13)20(2)17(22)14-7-9-15(10-8-14)21-12-18-11-19-21/h7-13,16H,3-6H2,1-2H3. The van der Waals surface area contributed by atoms with Crippen molar-refractivity contribution in [3.63, 3.8) is 0 Å². The molecule has 2 aromatic rings. The summed E-state index contributed by atoms with van der Waals surface area (Å²) in [4.78, 5) is 18.5. The minimum Gasteiger partial charge on any atom is -0.338 e. The first kappa shape index (κ1) is 14.8. The topological polar surface area (TPSA) is 51.0 Å². The van der Waals surface area contributed by atoms with Crippen molar-refractivity contribution >= 4 is 5.91 Å². The highest BCUT2D eigenvalue weighted by Crippen LogP contribution is 2.28. The molecular weight excluding hydrogens is 276 g/mol. The third kappa shape index (κ3) is 2.89. The fourth-order valence-electron chi connectivity index (χ4n) is 3.32. The fourth-order valence-corrected chi connectivity index (χ4v) is 3.32. The minimum absolute atomic E-state index is 0.101. The van der Waals surface area contributed by atoms with Gasteiger partial charge in [-0.2, -0.15) is 5.10 Å². The Bertz CT molecular complexity index is 621. The minimum atomic E-state index is 0.101. The lowest BCUT2D eigenvalue weighted by Crippen LogP contribution is -2.42. The Balaban J connectivity index is 1.74. The van der Waals surface area contributed by atoms with Gasteiger partial charge < -0.3 is 4.90 Å². The Labute approximate surface area is 131 Å². The largest absolute Gasteiger partial charge is 0.338 e. The average Bonchev–Trinajstić information content (AvgIpc) is 3.09. The summed E-state index contributed by atoms with van der Waals surface area (Å²) in [5.74, 6) is 0.681. The summed E-state index contributed by atoms with van der Waals surface area (Å²) in [6, 6.07) is 7.89. The van der Waals surface area contributed by atoms with Crippen molar-refractivity contribution in [1.82, 2.24) is 19.7 Å². The van der Waals surface area contributed by atoms with E-state index in [4.69, 9.17) is 0 Å². The number of carbonyl (C=O) groups is 1. The molecule has 0 spiro atoms. The van der Waals surface area contributed by atoms with Gasteiger partial charge in [0.15, 0.2) is 0 Å². The first-order chi connectivity index (χ1) is 10.7. The number of amides is 1. The van der Waals surface area contributed by atoms with Crippen LogP contribution in [0.1, 0.15) is 43.0 Å². The molecule has 0 N–H and O–H groups in total. The Morgan fingerprint density at radius 3 is 2.59 bits per heavy atom. The van der Waals surface area contributed by atoms with E-state index in [1.807, 2.05) is 36.2 Å². The first-order valence-electron chi connectivity index (χ1n) is 7.89. The van der Waals surface area contributed by atoms with Gasteiger partial charge in [-0.1, -0.05) is 19.8 Å². The van der Waals surface area contributed by atoms with Crippen LogP contribution in [0, 0.1) is 5.92 Å². The van der Waals surface area contributed by atoms with E-state index >= 15 is 0 Å². The molecule has 0 aliphatic heterocycles. The molecule has 2 unspecified atom stereocenters. The van der Waals surface area contributed by atoms with Gasteiger partial charge in [-0.05, 0) is 43.0 Å². The number of aromatic nitrogens is 3. The van der Waals surface area contributed by atoms with Crippen molar-refractivity contribution in [2.75, 3.05) is 7.05 Å². The molecule has 2 atom stereocenters. The number of nitrogens with zero attached hydrogens (tertiary/aromatic N) is 4. The third-order valence-corrected chi connectivity index (χ3v) is 4.68. The fraction of sp³-hybridized carbons (Fsp3) is 0.471. The molecule has 1 saturated carbocycles. The number of hydrogen-bond acceptors (Lipinski definition) is 3. The van der Waals surface area contributed by atoms with Gasteiger partial charge in [-0.3, -0.25) is 4.79 Å². The quantitative estimate of drug-likeness (QED) is 0.875. The molecule has 1 aliphatic carbocycles. The van der Waals surface area contributed by atoms with Crippen molar-refractivity contribution in [3.8, 4) is 5.69 Å². The van der Waals surface area contributed by atoms with E-state index in [-0.39, 0.29) is 5.91 Å². The highest BCUT2D eigenvalue weighted by molar-refractivity contribution is 5.94. The summed E-state index contributed by atoms with van der Waals surface area (Å²) in [7, 11) is 1.93. The molecule has 1 aliphatic rings. The van der Waals surface area contributed by atoms with Gasteiger partial charge in [0.05, 0.1) is 5.69 Å². The van der Waals surface area contributed by atoms with Gasteiger partial charge in [-0.15, -0.1) is 0 Å². The van der Waals surface area contributed by atoms with Crippen LogP contribution in [0.2, 0.25) is 0 Å². The third-order valence-electron chi connectivity index (χ3n) is 4.68. The van der Waals surface area contributed by atoms with Gasteiger partial charge in [0.2, 0.25) is 0 Å². The second-order valence-corrected chi connectivity index (χ2v) is 6.13. The Morgan fingerprint density at radius 1 is 1.23 bits per heavy atom. The van der Waals surface area contributed by atoms with Crippen molar-refractivity contribution in [2.45, 2.75) is 38.6 Å². The van der Waals surface area contributed by atoms with Crippen LogP contribution in [0.4, 0.5) is 0 Å². The van der Waals surface area contributed by atoms with E-state index in [1.165, 1.54) is 25.6 Å². The molecule has 0 saturated heterocycles. The zero-order valence-corrected chi connectivity index (χ0v) is 13.1. The lowest BCUT2D eigenvalue weighted by Gasteiger charge is -2.36. The lowest BCUT2D eigenvalue weighted by atomic mass is 9.85. The molecule has 1 heterocycles. The lowest BCUT2D eigenvalue weighted by molar-refractivity contribution is 0.0629. The number of benzene rings is 1. The molecule has 0 radical (unpaired) electrons. The maximum atomic E-state index is 12.7. The maximum Gasteiger partial charge on any atom is 0.253 e. The van der Waals surface area contributed by atoms with Crippen LogP contribution in [0.3, 0.4) is 0 Å². The molecule has 116 valence electrons. The smallest absolute Gasteiger partial charge is 0.253 e. The van der Waals surface area contributed by atoms with Gasteiger partial charge in [0, 0.05) is 18.7 Å². The SMILES string of the molecule is CC1CCCCC1N(C)C(=O)c1ccc(-n2cncn2)cc1. The Morgan fingerprint density at radius 2 is 1.95 bits per heavy atom. The van der Waals surface area contributed by atoms with Crippen LogP contribution in [0.15, 0.2) is 36.9 Å². The number of carbonyl (C=O) groups excluding carboxylic acids is 1. The normalized spacial score (nSPS) is 21.5. The van der Waals surface area contributed by atoms with Gasteiger partial charge in [0.25, 0.3) is 5.91 Å². The van der Waals surface area contributed by atoms with E-state index in [2.05, 4.69) is 17.0 Å². The summed E-state index contributed by atoms with van der Waals surface area (Å²) < 4.78 is 1.68. The van der Waals surface area contributed by atoms with Crippen molar-refractivity contribution in [1.29, 1.82) is 0 Å². The average molecular weight is 298 g/mol. The highest BCUT2D eigenvalue weighted by atomic mass is 16.2. The molecular formula is C17H22N4O. The van der Waals surface area contributed by atoms with E-state index < -0.39 is 0 Å². The van der Waals surface area contributed by atoms with Gasteiger partial charge in [-0.25, -0.2) is 9.67 Å². The Hall–Kier alpha value is -2.17. The van der Waals surface area contributed by atoms with Crippen molar-refractivity contribution in [3.05, 3.63) is 42.5 Å². The molecule has 5 nitrogen and oxygen atoms in total. The maximum absolute atomic E-state index is 12.7. The van der Waals surface area contributed by atoms with Gasteiger partial charge >= 0.3 is 0 Å². The van der Waals surface area contributed by atoms with E-state index in [1.54, 1.807) is 11.0 Å². The van der Waals surface area contributed by atoms with Crippen LogP contribution in [0.25, 0.3) is 5.69 Å². The van der Waals surface area contributed by atoms with Crippen LogP contribution < -0.4 is 0 Å². The van der Waals surface area contributed by atoms with Crippen LogP contribution in [-0.2, 0) is 0 Å². The van der Waals surface area contributed by atoms with Gasteiger partial charge in [0.1, 0.15) is 12.7 Å². The highest BCUT2D eigenvalue weighted by Gasteiger charge is 2.28. The molecule has 3 rings (SSSR count). The second-order valence-electron chi connectivity index (χ2n) is 6.13. The van der Waals surface area contributed by atoms with Crippen molar-refractivity contribution in [2.24, 2.45) is 5.92 Å². The molecule has 22 heavy (non-hydrogen) atoms. The summed E-state index contributed by atoms with van der Waals surface area (Å²) in [5.41, 5.74) is 1.63. The molecule has 1 fully saturated rings. The number of hydrogen-bond donors (Lipinski definition) is 0. The summed E-state index contributed by atoms with van der Waals surface area (Å²) >= 11 is 0.